The summed E-state index contributed by atoms with van der Waals surface area (Å²) in [6, 6.07) is 3.76. The first-order chi connectivity index (χ1) is 6.56. The van der Waals surface area contributed by atoms with Crippen molar-refractivity contribution >= 4 is 0 Å². The van der Waals surface area contributed by atoms with Gasteiger partial charge in [0.2, 0.25) is 0 Å². The summed E-state index contributed by atoms with van der Waals surface area (Å²) < 4.78 is 28.9. The topological polar surface area (TPSA) is 49.7 Å². The van der Waals surface area contributed by atoms with Crippen molar-refractivity contribution < 1.29 is 23.7 Å². The average Bonchev–Trinajstić information content (AvgIpc) is 2.16. The monoisotopic (exact) mass is 204 g/mol. The van der Waals surface area contributed by atoms with E-state index in [0.717, 1.165) is 0 Å². The summed E-state index contributed by atoms with van der Waals surface area (Å²) in [7, 11) is 1.39. The molecule has 0 heterocycles. The summed E-state index contributed by atoms with van der Waals surface area (Å²) in [6.07, 6.45) is -4.89. The van der Waals surface area contributed by atoms with E-state index in [9.17, 15) is 13.9 Å². The van der Waals surface area contributed by atoms with Crippen LogP contribution in [0.5, 0.6) is 11.5 Å². The van der Waals surface area contributed by atoms with Crippen LogP contribution in [0, 0.1) is 0 Å². The Morgan fingerprint density at radius 2 is 2.00 bits per heavy atom. The van der Waals surface area contributed by atoms with Gasteiger partial charge in [0.1, 0.15) is 17.6 Å². The number of rotatable bonds is 3. The molecule has 14 heavy (non-hydrogen) atoms. The van der Waals surface area contributed by atoms with E-state index >= 15 is 0 Å². The van der Waals surface area contributed by atoms with E-state index in [2.05, 4.69) is 0 Å². The molecule has 1 unspecified atom stereocenters. The zero-order chi connectivity index (χ0) is 10.7. The maximum absolute atomic E-state index is 12.1. The van der Waals surface area contributed by atoms with Gasteiger partial charge in [-0.05, 0) is 12.1 Å². The normalized spacial score (nSPS) is 12.9. The van der Waals surface area contributed by atoms with Gasteiger partial charge < -0.3 is 14.9 Å². The van der Waals surface area contributed by atoms with E-state index in [4.69, 9.17) is 9.84 Å². The second-order valence-electron chi connectivity index (χ2n) is 2.70. The lowest BCUT2D eigenvalue weighted by molar-refractivity contribution is -0.00700. The van der Waals surface area contributed by atoms with Crippen molar-refractivity contribution in [3.63, 3.8) is 0 Å². The fraction of sp³-hybridized carbons (Fsp3) is 0.333. The molecule has 0 fully saturated rings. The lowest BCUT2D eigenvalue weighted by Gasteiger charge is -2.12. The SMILES string of the molecule is COc1ccc(C(O)C(F)F)c(O)c1. The van der Waals surface area contributed by atoms with Crippen LogP contribution in [0.15, 0.2) is 18.2 Å². The van der Waals surface area contributed by atoms with Crippen LogP contribution in [-0.4, -0.2) is 23.7 Å². The number of benzene rings is 1. The third-order valence-electron chi connectivity index (χ3n) is 1.79. The molecule has 0 spiro atoms. The molecule has 0 aromatic heterocycles. The van der Waals surface area contributed by atoms with Crippen LogP contribution in [0.1, 0.15) is 11.7 Å². The molecule has 0 bridgehead atoms. The van der Waals surface area contributed by atoms with Gasteiger partial charge in [0.15, 0.2) is 0 Å². The van der Waals surface area contributed by atoms with Crippen molar-refractivity contribution in [3.8, 4) is 11.5 Å². The summed E-state index contributed by atoms with van der Waals surface area (Å²) in [6.45, 7) is 0. The molecule has 78 valence electrons. The van der Waals surface area contributed by atoms with Crippen molar-refractivity contribution in [1.29, 1.82) is 0 Å². The number of alkyl halides is 2. The summed E-state index contributed by atoms with van der Waals surface area (Å²) in [5, 5.41) is 18.3. The predicted molar refractivity (Wildman–Crippen MR) is 45.6 cm³/mol. The molecule has 3 nitrogen and oxygen atoms in total. The number of methoxy groups -OCH3 is 1. The molecule has 5 heteroatoms. The Balaban J connectivity index is 2.99. The highest BCUT2D eigenvalue weighted by Crippen LogP contribution is 2.31. The van der Waals surface area contributed by atoms with Crippen molar-refractivity contribution in [2.45, 2.75) is 12.5 Å². The molecule has 0 aliphatic rings. The second kappa shape index (κ2) is 4.23. The van der Waals surface area contributed by atoms with Gasteiger partial charge >= 0.3 is 0 Å². The Morgan fingerprint density at radius 1 is 1.36 bits per heavy atom. The van der Waals surface area contributed by atoms with Crippen LogP contribution < -0.4 is 4.74 Å². The van der Waals surface area contributed by atoms with E-state index in [1.54, 1.807) is 0 Å². The molecule has 1 atom stereocenters. The van der Waals surface area contributed by atoms with Gasteiger partial charge in [-0.25, -0.2) is 8.78 Å². The molecule has 1 aromatic rings. The van der Waals surface area contributed by atoms with Gasteiger partial charge in [0, 0.05) is 11.6 Å². The van der Waals surface area contributed by atoms with E-state index < -0.39 is 18.3 Å². The largest absolute Gasteiger partial charge is 0.507 e. The number of aliphatic hydroxyl groups excluding tert-OH is 1. The van der Waals surface area contributed by atoms with Crippen LogP contribution >= 0.6 is 0 Å². The molecular weight excluding hydrogens is 194 g/mol. The number of aromatic hydroxyl groups is 1. The smallest absolute Gasteiger partial charge is 0.268 e. The number of phenolic OH excluding ortho intramolecular Hbond substituents is 1. The van der Waals surface area contributed by atoms with Gasteiger partial charge in [-0.2, -0.15) is 0 Å². The van der Waals surface area contributed by atoms with Crippen LogP contribution in [0.3, 0.4) is 0 Å². The van der Waals surface area contributed by atoms with Crippen LogP contribution in [-0.2, 0) is 0 Å². The summed E-state index contributed by atoms with van der Waals surface area (Å²) >= 11 is 0. The lowest BCUT2D eigenvalue weighted by atomic mass is 10.1. The second-order valence-corrected chi connectivity index (χ2v) is 2.70. The molecule has 0 saturated carbocycles. The Morgan fingerprint density at radius 3 is 2.43 bits per heavy atom. The minimum absolute atomic E-state index is 0.208. The van der Waals surface area contributed by atoms with Crippen LogP contribution in [0.25, 0.3) is 0 Å². The van der Waals surface area contributed by atoms with Crippen molar-refractivity contribution in [2.75, 3.05) is 7.11 Å². The minimum Gasteiger partial charge on any atom is -0.507 e. The summed E-state index contributed by atoms with van der Waals surface area (Å²) in [5.74, 6) is -0.0649. The lowest BCUT2D eigenvalue weighted by Crippen LogP contribution is -2.08. The van der Waals surface area contributed by atoms with Gasteiger partial charge in [-0.15, -0.1) is 0 Å². The molecule has 0 saturated heterocycles. The van der Waals surface area contributed by atoms with E-state index in [1.807, 2.05) is 0 Å². The highest BCUT2D eigenvalue weighted by molar-refractivity contribution is 5.41. The Bertz CT molecular complexity index is 315. The van der Waals surface area contributed by atoms with E-state index in [0.29, 0.717) is 5.75 Å². The number of hydrogen-bond donors (Lipinski definition) is 2. The molecule has 2 N–H and O–H groups in total. The summed E-state index contributed by atoms with van der Waals surface area (Å²) in [4.78, 5) is 0. The maximum Gasteiger partial charge on any atom is 0.268 e. The Labute approximate surface area is 79.6 Å². The number of ether oxygens (including phenoxy) is 1. The fourth-order valence-corrected chi connectivity index (χ4v) is 1.04. The number of aliphatic hydroxyl groups is 1. The fourth-order valence-electron chi connectivity index (χ4n) is 1.04. The van der Waals surface area contributed by atoms with Crippen LogP contribution in [0.2, 0.25) is 0 Å². The Hall–Kier alpha value is -1.36. The van der Waals surface area contributed by atoms with Crippen molar-refractivity contribution in [3.05, 3.63) is 23.8 Å². The third kappa shape index (κ3) is 2.11. The molecule has 0 amide bonds. The average molecular weight is 204 g/mol. The van der Waals surface area contributed by atoms with Gasteiger partial charge in [-0.1, -0.05) is 0 Å². The molecule has 1 aromatic carbocycles. The molecular formula is C9H10F2O3. The molecule has 0 radical (unpaired) electrons. The molecule has 0 aliphatic carbocycles. The number of phenols is 1. The standard InChI is InChI=1S/C9H10F2O3/c1-14-5-2-3-6(7(12)4-5)8(13)9(10)11/h2-4,8-9,12-13H,1H3. The predicted octanol–water partition coefficient (Wildman–Crippen LogP) is 1.70. The first kappa shape index (κ1) is 10.7. The van der Waals surface area contributed by atoms with Gasteiger partial charge in [0.25, 0.3) is 6.43 Å². The maximum atomic E-state index is 12.1. The van der Waals surface area contributed by atoms with Crippen molar-refractivity contribution in [2.24, 2.45) is 0 Å². The number of hydrogen-bond acceptors (Lipinski definition) is 3. The summed E-state index contributed by atoms with van der Waals surface area (Å²) in [5.41, 5.74) is -0.208. The van der Waals surface area contributed by atoms with E-state index in [1.165, 1.54) is 25.3 Å². The van der Waals surface area contributed by atoms with E-state index in [-0.39, 0.29) is 5.56 Å². The third-order valence-corrected chi connectivity index (χ3v) is 1.79. The first-order valence-electron chi connectivity index (χ1n) is 3.89. The van der Waals surface area contributed by atoms with Gasteiger partial charge in [-0.3, -0.25) is 0 Å². The first-order valence-corrected chi connectivity index (χ1v) is 3.89. The minimum atomic E-state index is -2.92. The van der Waals surface area contributed by atoms with Crippen molar-refractivity contribution in [1.82, 2.24) is 0 Å². The highest BCUT2D eigenvalue weighted by Gasteiger charge is 2.22. The number of halogens is 2. The highest BCUT2D eigenvalue weighted by atomic mass is 19.3. The molecule has 1 rings (SSSR count). The zero-order valence-corrected chi connectivity index (χ0v) is 7.45. The molecule has 0 aliphatic heterocycles. The zero-order valence-electron chi connectivity index (χ0n) is 7.45. The van der Waals surface area contributed by atoms with Gasteiger partial charge in [0.05, 0.1) is 7.11 Å². The Kier molecular flexibility index (Phi) is 3.24. The quantitative estimate of drug-likeness (QED) is 0.787. The van der Waals surface area contributed by atoms with Crippen LogP contribution in [0.4, 0.5) is 8.78 Å².